The van der Waals surface area contributed by atoms with E-state index in [9.17, 15) is 9.90 Å². The molecule has 0 spiro atoms. The van der Waals surface area contributed by atoms with Gasteiger partial charge in [-0.15, -0.1) is 0 Å². The molecule has 1 saturated carbocycles. The lowest BCUT2D eigenvalue weighted by Gasteiger charge is -2.20. The van der Waals surface area contributed by atoms with Gasteiger partial charge in [0, 0.05) is 34.2 Å². The van der Waals surface area contributed by atoms with Crippen LogP contribution in [0.4, 0.5) is 5.82 Å². The van der Waals surface area contributed by atoms with E-state index in [0.29, 0.717) is 31.0 Å². The number of ether oxygens (including phenoxy) is 2. The fourth-order valence-electron chi connectivity index (χ4n) is 4.33. The van der Waals surface area contributed by atoms with E-state index >= 15 is 0 Å². The van der Waals surface area contributed by atoms with Crippen molar-refractivity contribution in [2.45, 2.75) is 58.8 Å². The zero-order chi connectivity index (χ0) is 23.6. The second kappa shape index (κ2) is 9.95. The Morgan fingerprint density at radius 2 is 2.00 bits per heavy atom. The highest BCUT2D eigenvalue weighted by Crippen LogP contribution is 2.46. The average molecular weight is 473 g/mol. The van der Waals surface area contributed by atoms with Gasteiger partial charge in [-0.2, -0.15) is 5.10 Å². The Morgan fingerprint density at radius 3 is 2.67 bits per heavy atom. The third-order valence-electron chi connectivity index (χ3n) is 6.40. The Kier molecular flexibility index (Phi) is 7.21. The number of fused-ring (bicyclic) bond motifs is 1. The highest BCUT2D eigenvalue weighted by atomic mass is 28.3. The van der Waals surface area contributed by atoms with E-state index < -0.39 is 14.0 Å². The molecule has 1 aliphatic heterocycles. The molecule has 1 saturated heterocycles. The van der Waals surface area contributed by atoms with Gasteiger partial charge in [-0.25, -0.2) is 14.5 Å². The van der Waals surface area contributed by atoms with Crippen LogP contribution in [0.25, 0.3) is 0 Å². The predicted octanol–water partition coefficient (Wildman–Crippen LogP) is 3.31. The van der Waals surface area contributed by atoms with Gasteiger partial charge in [0.05, 0.1) is 24.6 Å². The largest absolute Gasteiger partial charge is 0.461 e. The minimum atomic E-state index is -1.20. The van der Waals surface area contributed by atoms with Crippen molar-refractivity contribution in [1.82, 2.24) is 14.8 Å². The number of nitrogens with zero attached hydrogens (tertiary/aromatic N) is 4. The Labute approximate surface area is 196 Å². The number of aromatic nitrogens is 3. The topological polar surface area (TPSA) is 89.7 Å². The molecule has 2 unspecified atom stereocenters. The van der Waals surface area contributed by atoms with Crippen molar-refractivity contribution in [2.75, 3.05) is 31.2 Å². The third-order valence-corrected chi connectivity index (χ3v) is 8.11. The zero-order valence-electron chi connectivity index (χ0n) is 20.2. The number of esters is 1. The van der Waals surface area contributed by atoms with Crippen LogP contribution in [-0.4, -0.2) is 60.2 Å². The molecule has 1 aliphatic carbocycles. The molecule has 33 heavy (non-hydrogen) atoms. The van der Waals surface area contributed by atoms with Crippen LogP contribution in [-0.2, 0) is 29.2 Å². The molecule has 3 heterocycles. The van der Waals surface area contributed by atoms with Crippen molar-refractivity contribution >= 4 is 19.9 Å². The third kappa shape index (κ3) is 6.02. The van der Waals surface area contributed by atoms with Crippen LogP contribution >= 0.6 is 0 Å². The van der Waals surface area contributed by atoms with E-state index in [1.54, 1.807) is 17.7 Å². The van der Waals surface area contributed by atoms with Crippen molar-refractivity contribution < 1.29 is 19.4 Å². The summed E-state index contributed by atoms with van der Waals surface area (Å²) in [5.74, 6) is 2.17. The van der Waals surface area contributed by atoms with Gasteiger partial charge < -0.3 is 19.5 Å². The molecule has 2 aromatic heterocycles. The Morgan fingerprint density at radius 1 is 1.24 bits per heavy atom. The van der Waals surface area contributed by atoms with Crippen LogP contribution in [0, 0.1) is 11.8 Å². The van der Waals surface area contributed by atoms with E-state index in [0.717, 1.165) is 48.0 Å². The van der Waals surface area contributed by atoms with E-state index in [-0.39, 0.29) is 13.3 Å². The highest BCUT2D eigenvalue weighted by Gasteiger charge is 2.45. The standard InChI is InChI=1S/C24H36N4O4Si/c1-5-32-24(30)22-12-20(26-28(22)16-31-8-9-33(2,3)4)11-17-6-7-23(25-21(17)15-29)27-13-18-10-19(18)14-27/h6-7,12,18-19,29H,5,8-11,13-16H2,1-4H3. The van der Waals surface area contributed by atoms with Crippen molar-refractivity contribution in [3.05, 3.63) is 40.8 Å². The summed E-state index contributed by atoms with van der Waals surface area (Å²) < 4.78 is 12.6. The summed E-state index contributed by atoms with van der Waals surface area (Å²) in [4.78, 5) is 19.5. The molecule has 8 nitrogen and oxygen atoms in total. The summed E-state index contributed by atoms with van der Waals surface area (Å²) >= 11 is 0. The number of pyridine rings is 1. The number of rotatable bonds is 11. The lowest BCUT2D eigenvalue weighted by molar-refractivity contribution is 0.0455. The van der Waals surface area contributed by atoms with Gasteiger partial charge in [0.1, 0.15) is 18.2 Å². The minimum Gasteiger partial charge on any atom is -0.461 e. The monoisotopic (exact) mass is 472 g/mol. The van der Waals surface area contributed by atoms with Crippen LogP contribution in [0.2, 0.25) is 25.7 Å². The number of aliphatic hydroxyl groups excluding tert-OH is 1. The summed E-state index contributed by atoms with van der Waals surface area (Å²) in [5.41, 5.74) is 2.67. The van der Waals surface area contributed by atoms with Gasteiger partial charge in [0.2, 0.25) is 0 Å². The molecule has 0 aromatic carbocycles. The molecule has 2 atom stereocenters. The number of aliphatic hydroxyl groups is 1. The van der Waals surface area contributed by atoms with Gasteiger partial charge in [-0.1, -0.05) is 25.7 Å². The molecule has 0 bridgehead atoms. The second-order valence-corrected chi connectivity index (χ2v) is 16.0. The van der Waals surface area contributed by atoms with Crippen LogP contribution < -0.4 is 4.90 Å². The average Bonchev–Trinajstić information content (AvgIpc) is 3.17. The van der Waals surface area contributed by atoms with E-state index in [1.807, 2.05) is 12.1 Å². The lowest BCUT2D eigenvalue weighted by atomic mass is 10.1. The molecule has 9 heteroatoms. The maximum Gasteiger partial charge on any atom is 0.356 e. The van der Waals surface area contributed by atoms with E-state index in [2.05, 4.69) is 29.6 Å². The van der Waals surface area contributed by atoms with Gasteiger partial charge in [-0.3, -0.25) is 0 Å². The molecule has 180 valence electrons. The van der Waals surface area contributed by atoms with Gasteiger partial charge in [0.25, 0.3) is 0 Å². The molecule has 0 radical (unpaired) electrons. The number of piperidine rings is 1. The summed E-state index contributed by atoms with van der Waals surface area (Å²) in [5, 5.41) is 14.6. The Hall–Kier alpha value is -2.23. The van der Waals surface area contributed by atoms with Gasteiger partial charge in [0.15, 0.2) is 0 Å². The molecule has 4 rings (SSSR count). The van der Waals surface area contributed by atoms with Crippen LogP contribution in [0.15, 0.2) is 18.2 Å². The molecule has 2 aliphatic rings. The van der Waals surface area contributed by atoms with Crippen molar-refractivity contribution in [3.63, 3.8) is 0 Å². The summed E-state index contributed by atoms with van der Waals surface area (Å²) in [7, 11) is -1.20. The lowest BCUT2D eigenvalue weighted by Crippen LogP contribution is -2.23. The fraction of sp³-hybridized carbons (Fsp3) is 0.625. The van der Waals surface area contributed by atoms with Crippen molar-refractivity contribution in [3.8, 4) is 0 Å². The smallest absolute Gasteiger partial charge is 0.356 e. The highest BCUT2D eigenvalue weighted by molar-refractivity contribution is 6.76. The van der Waals surface area contributed by atoms with Gasteiger partial charge in [-0.05, 0) is 48.9 Å². The summed E-state index contributed by atoms with van der Waals surface area (Å²) in [6.45, 7) is 11.8. The van der Waals surface area contributed by atoms with E-state index in [4.69, 9.17) is 14.5 Å². The first-order chi connectivity index (χ1) is 15.8. The Balaban J connectivity index is 1.47. The number of hydrogen-bond donors (Lipinski definition) is 1. The molecule has 2 fully saturated rings. The second-order valence-electron chi connectivity index (χ2n) is 10.4. The quantitative estimate of drug-likeness (QED) is 0.305. The fourth-order valence-corrected chi connectivity index (χ4v) is 5.08. The first kappa shape index (κ1) is 23.9. The molecule has 1 N–H and O–H groups in total. The summed E-state index contributed by atoms with van der Waals surface area (Å²) in [6.07, 6.45) is 1.82. The van der Waals surface area contributed by atoms with Crippen LogP contribution in [0.5, 0.6) is 0 Å². The maximum atomic E-state index is 12.5. The van der Waals surface area contributed by atoms with E-state index in [1.165, 1.54) is 6.42 Å². The first-order valence-corrected chi connectivity index (χ1v) is 15.6. The number of hydrogen-bond acceptors (Lipinski definition) is 7. The molecule has 0 amide bonds. The van der Waals surface area contributed by atoms with Crippen molar-refractivity contribution in [2.24, 2.45) is 11.8 Å². The maximum absolute atomic E-state index is 12.5. The molecule has 2 aromatic rings. The first-order valence-electron chi connectivity index (χ1n) is 11.9. The van der Waals surface area contributed by atoms with Crippen LogP contribution in [0.1, 0.15) is 40.8 Å². The predicted molar refractivity (Wildman–Crippen MR) is 129 cm³/mol. The summed E-state index contributed by atoms with van der Waals surface area (Å²) in [6, 6.07) is 6.85. The number of carbonyl (C=O) groups is 1. The zero-order valence-corrected chi connectivity index (χ0v) is 21.2. The number of carbonyl (C=O) groups excluding carboxylic acids is 1. The number of anilines is 1. The normalized spacial score (nSPS) is 19.6. The molecular weight excluding hydrogens is 436 g/mol. The minimum absolute atomic E-state index is 0.130. The molecular formula is C24H36N4O4Si. The SMILES string of the molecule is CCOC(=O)c1cc(Cc2ccc(N3CC4CC4C3)nc2CO)nn1COCC[Si](C)(C)C. The van der Waals surface area contributed by atoms with Gasteiger partial charge >= 0.3 is 5.97 Å². The van der Waals surface area contributed by atoms with Crippen molar-refractivity contribution in [1.29, 1.82) is 0 Å². The Bertz CT molecular complexity index is 977. The van der Waals surface area contributed by atoms with Crippen LogP contribution in [0.3, 0.4) is 0 Å².